The number of carbonyl (C=O) groups is 4. The van der Waals surface area contributed by atoms with E-state index in [-0.39, 0.29) is 48.8 Å². The van der Waals surface area contributed by atoms with Crippen molar-refractivity contribution in [3.8, 4) is 0 Å². The van der Waals surface area contributed by atoms with Crippen LogP contribution in [0.2, 0.25) is 0 Å². The number of ketones is 1. The second-order valence-electron chi connectivity index (χ2n) is 9.74. The Kier molecular flexibility index (Phi) is 8.43. The van der Waals surface area contributed by atoms with E-state index in [1.807, 2.05) is 26.0 Å². The number of esters is 1. The molecular weight excluding hydrogens is 410 g/mol. The Morgan fingerprint density at radius 3 is 2.44 bits per heavy atom. The molecule has 1 saturated heterocycles. The Hall–Kier alpha value is -2.44. The maximum atomic E-state index is 13.8. The summed E-state index contributed by atoms with van der Waals surface area (Å²) in [6.45, 7) is 10.1. The molecule has 5 unspecified atom stereocenters. The number of fused-ring (bicyclic) bond motifs is 1. The summed E-state index contributed by atoms with van der Waals surface area (Å²) >= 11 is 0. The molecule has 32 heavy (non-hydrogen) atoms. The van der Waals surface area contributed by atoms with Crippen LogP contribution in [0.1, 0.15) is 66.7 Å². The number of carboxylic acids is 1. The average molecular weight is 448 g/mol. The zero-order chi connectivity index (χ0) is 24.2. The molecule has 178 valence electrons. The summed E-state index contributed by atoms with van der Waals surface area (Å²) in [7, 11) is 1.28. The number of carbonyl (C=O) groups excluding carboxylic acids is 3. The lowest BCUT2D eigenvalue weighted by Crippen LogP contribution is -2.52. The van der Waals surface area contributed by atoms with Crippen LogP contribution in [-0.2, 0) is 23.9 Å². The van der Waals surface area contributed by atoms with Crippen molar-refractivity contribution in [3.05, 3.63) is 23.3 Å². The topological polar surface area (TPSA) is 110 Å². The van der Waals surface area contributed by atoms with Crippen molar-refractivity contribution in [1.29, 1.82) is 0 Å². The lowest BCUT2D eigenvalue weighted by Gasteiger charge is -2.45. The SMILES string of the molecule is COC(=O)CCC(=O)C12C(=O)NC(CC(C)C)C1C(C)C(C)=CC2C=C(C)CCC(=O)O. The average Bonchev–Trinajstić information content (AvgIpc) is 3.00. The van der Waals surface area contributed by atoms with Gasteiger partial charge in [0.1, 0.15) is 11.2 Å². The Labute approximate surface area is 190 Å². The van der Waals surface area contributed by atoms with Crippen molar-refractivity contribution in [2.24, 2.45) is 29.1 Å². The van der Waals surface area contributed by atoms with E-state index in [2.05, 4.69) is 26.1 Å². The first kappa shape index (κ1) is 25.8. The van der Waals surface area contributed by atoms with Gasteiger partial charge in [0.05, 0.1) is 13.5 Å². The number of methoxy groups -OCH3 is 1. The fourth-order valence-corrected chi connectivity index (χ4v) is 5.42. The maximum absolute atomic E-state index is 13.8. The lowest BCUT2D eigenvalue weighted by molar-refractivity contribution is -0.149. The predicted molar refractivity (Wildman–Crippen MR) is 121 cm³/mol. The van der Waals surface area contributed by atoms with E-state index < -0.39 is 23.3 Å². The molecule has 1 heterocycles. The number of ether oxygens (including phenoxy) is 1. The van der Waals surface area contributed by atoms with Crippen molar-refractivity contribution >= 4 is 23.6 Å². The van der Waals surface area contributed by atoms with Crippen LogP contribution in [0.15, 0.2) is 23.3 Å². The van der Waals surface area contributed by atoms with Crippen molar-refractivity contribution in [3.63, 3.8) is 0 Å². The van der Waals surface area contributed by atoms with E-state index in [0.717, 1.165) is 17.6 Å². The van der Waals surface area contributed by atoms with Crippen molar-refractivity contribution in [2.75, 3.05) is 7.11 Å². The number of allylic oxidation sites excluding steroid dienone is 4. The molecule has 1 aliphatic heterocycles. The first-order valence-corrected chi connectivity index (χ1v) is 11.4. The van der Waals surface area contributed by atoms with Crippen molar-refractivity contribution < 1.29 is 29.0 Å². The zero-order valence-corrected chi connectivity index (χ0v) is 20.1. The molecule has 2 aliphatic rings. The van der Waals surface area contributed by atoms with Gasteiger partial charge in [0, 0.05) is 30.7 Å². The van der Waals surface area contributed by atoms with E-state index >= 15 is 0 Å². The molecule has 0 bridgehead atoms. The van der Waals surface area contributed by atoms with Crippen molar-refractivity contribution in [1.82, 2.24) is 5.32 Å². The number of hydrogen-bond acceptors (Lipinski definition) is 5. The molecule has 0 saturated carbocycles. The number of carboxylic acid groups (broad SMARTS) is 1. The summed E-state index contributed by atoms with van der Waals surface area (Å²) in [5.74, 6) is -2.27. The summed E-state index contributed by atoms with van der Waals surface area (Å²) in [6.07, 6.45) is 4.83. The van der Waals surface area contributed by atoms with Gasteiger partial charge in [0.2, 0.25) is 5.91 Å². The number of amides is 1. The molecule has 0 aromatic rings. The van der Waals surface area contributed by atoms with E-state index in [4.69, 9.17) is 9.84 Å². The molecule has 2 rings (SSSR count). The standard InChI is InChI=1S/C25H37NO6/c1-14(2)11-19-23-17(5)16(4)13-18(12-15(3)7-9-21(28)29)25(23,24(31)26-19)20(27)8-10-22(30)32-6/h12-14,17-19,23H,7-11H2,1-6H3,(H,26,31)(H,28,29). The van der Waals surface area contributed by atoms with Gasteiger partial charge in [-0.05, 0) is 38.5 Å². The number of aliphatic carboxylic acids is 1. The lowest BCUT2D eigenvalue weighted by atomic mass is 9.54. The summed E-state index contributed by atoms with van der Waals surface area (Å²) < 4.78 is 4.71. The molecule has 1 fully saturated rings. The molecular formula is C25H37NO6. The molecule has 7 heteroatoms. The summed E-state index contributed by atoms with van der Waals surface area (Å²) in [6, 6.07) is -0.140. The van der Waals surface area contributed by atoms with Crippen LogP contribution >= 0.6 is 0 Å². The van der Waals surface area contributed by atoms with Gasteiger partial charge in [0.25, 0.3) is 0 Å². The highest BCUT2D eigenvalue weighted by Crippen LogP contribution is 2.55. The highest BCUT2D eigenvalue weighted by atomic mass is 16.5. The summed E-state index contributed by atoms with van der Waals surface area (Å²) in [5, 5.41) is 12.2. The minimum absolute atomic E-state index is 0.0109. The molecule has 7 nitrogen and oxygen atoms in total. The van der Waals surface area contributed by atoms with Gasteiger partial charge in [-0.2, -0.15) is 0 Å². The Balaban J connectivity index is 2.58. The number of nitrogens with one attached hydrogen (secondary N) is 1. The first-order chi connectivity index (χ1) is 14.9. The van der Waals surface area contributed by atoms with E-state index in [0.29, 0.717) is 12.3 Å². The van der Waals surface area contributed by atoms with Crippen LogP contribution in [-0.4, -0.2) is 41.9 Å². The minimum Gasteiger partial charge on any atom is -0.481 e. The molecule has 0 aromatic heterocycles. The van der Waals surface area contributed by atoms with Gasteiger partial charge >= 0.3 is 11.9 Å². The molecule has 0 aromatic carbocycles. The maximum Gasteiger partial charge on any atom is 0.305 e. The normalized spacial score (nSPS) is 29.9. The number of hydrogen-bond donors (Lipinski definition) is 2. The van der Waals surface area contributed by atoms with Crippen LogP contribution in [0.5, 0.6) is 0 Å². The molecule has 1 amide bonds. The second kappa shape index (κ2) is 10.5. The molecule has 1 aliphatic carbocycles. The molecule has 0 spiro atoms. The van der Waals surface area contributed by atoms with Gasteiger partial charge in [-0.25, -0.2) is 0 Å². The highest BCUT2D eigenvalue weighted by molar-refractivity contribution is 6.10. The van der Waals surface area contributed by atoms with Crippen molar-refractivity contribution in [2.45, 2.75) is 72.8 Å². The third-order valence-electron chi connectivity index (χ3n) is 7.04. The van der Waals surface area contributed by atoms with Crippen LogP contribution < -0.4 is 5.32 Å². The fraction of sp³-hybridized carbons (Fsp3) is 0.680. The zero-order valence-electron chi connectivity index (χ0n) is 20.1. The summed E-state index contributed by atoms with van der Waals surface area (Å²) in [5.41, 5.74) is 0.635. The van der Waals surface area contributed by atoms with Gasteiger partial charge in [-0.15, -0.1) is 0 Å². The van der Waals surface area contributed by atoms with Gasteiger partial charge < -0.3 is 15.2 Å². The molecule has 2 N–H and O–H groups in total. The first-order valence-electron chi connectivity index (χ1n) is 11.4. The van der Waals surface area contributed by atoms with Crippen LogP contribution in [0, 0.1) is 29.1 Å². The Morgan fingerprint density at radius 1 is 1.22 bits per heavy atom. The summed E-state index contributed by atoms with van der Waals surface area (Å²) in [4.78, 5) is 50.1. The van der Waals surface area contributed by atoms with Gasteiger partial charge in [-0.1, -0.05) is 44.1 Å². The van der Waals surface area contributed by atoms with Crippen LogP contribution in [0.3, 0.4) is 0 Å². The third-order valence-corrected chi connectivity index (χ3v) is 7.04. The van der Waals surface area contributed by atoms with Crippen LogP contribution in [0.25, 0.3) is 0 Å². The Bertz CT molecular complexity index is 826. The smallest absolute Gasteiger partial charge is 0.305 e. The third kappa shape index (κ3) is 5.13. The van der Waals surface area contributed by atoms with E-state index in [1.54, 1.807) is 0 Å². The van der Waals surface area contributed by atoms with E-state index in [9.17, 15) is 19.2 Å². The largest absolute Gasteiger partial charge is 0.481 e. The molecule has 5 atom stereocenters. The number of rotatable bonds is 10. The predicted octanol–water partition coefficient (Wildman–Crippen LogP) is 3.68. The highest BCUT2D eigenvalue weighted by Gasteiger charge is 2.65. The number of Topliss-reactive ketones (excluding diaryl/α,β-unsaturated/α-hetero) is 1. The fourth-order valence-electron chi connectivity index (χ4n) is 5.42. The minimum atomic E-state index is -1.31. The monoisotopic (exact) mass is 447 g/mol. The Morgan fingerprint density at radius 2 is 1.88 bits per heavy atom. The van der Waals surface area contributed by atoms with Gasteiger partial charge in [0.15, 0.2) is 0 Å². The van der Waals surface area contributed by atoms with E-state index in [1.165, 1.54) is 7.11 Å². The van der Waals surface area contributed by atoms with Crippen LogP contribution in [0.4, 0.5) is 0 Å². The molecule has 0 radical (unpaired) electrons. The quantitative estimate of drug-likeness (QED) is 0.300. The van der Waals surface area contributed by atoms with Gasteiger partial charge in [-0.3, -0.25) is 19.2 Å². The second-order valence-corrected chi connectivity index (χ2v) is 9.74.